The highest BCUT2D eigenvalue weighted by Crippen LogP contribution is 2.59. The predicted octanol–water partition coefficient (Wildman–Crippen LogP) is 3.03. The van der Waals surface area contributed by atoms with Crippen LogP contribution >= 0.6 is 0 Å². The minimum atomic E-state index is -0.199. The zero-order valence-corrected chi connectivity index (χ0v) is 12.1. The summed E-state index contributed by atoms with van der Waals surface area (Å²) in [4.78, 5) is 12.4. The number of hydrogen-bond acceptors (Lipinski definition) is 3. The van der Waals surface area contributed by atoms with Gasteiger partial charge in [0.15, 0.2) is 6.29 Å². The zero-order chi connectivity index (χ0) is 13.3. The lowest BCUT2D eigenvalue weighted by atomic mass is 9.46. The molecule has 0 aromatic rings. The lowest BCUT2D eigenvalue weighted by Crippen LogP contribution is -2.56. The van der Waals surface area contributed by atoms with E-state index in [4.69, 9.17) is 9.47 Å². The molecular weight excluding hydrogens is 228 g/mol. The molecule has 104 valence electrons. The van der Waals surface area contributed by atoms with Gasteiger partial charge in [-0.2, -0.15) is 0 Å². The lowest BCUT2D eigenvalue weighted by Gasteiger charge is -2.57. The molecule has 0 unspecified atom stereocenters. The van der Waals surface area contributed by atoms with E-state index in [0.717, 1.165) is 19.3 Å². The Kier molecular flexibility index (Phi) is 4.12. The molecule has 0 radical (unpaired) electrons. The van der Waals surface area contributed by atoms with Crippen LogP contribution in [-0.4, -0.2) is 25.3 Å². The Labute approximate surface area is 110 Å². The van der Waals surface area contributed by atoms with Gasteiger partial charge in [-0.05, 0) is 38.0 Å². The molecule has 3 fully saturated rings. The number of carbonyl (C=O) groups excluding carboxylic acids is 1. The number of hydrogen-bond donors (Lipinski definition) is 0. The lowest BCUT2D eigenvalue weighted by molar-refractivity contribution is -0.175. The summed E-state index contributed by atoms with van der Waals surface area (Å²) in [5.74, 6) is 1.61. The topological polar surface area (TPSA) is 35.5 Å². The average molecular weight is 254 g/mol. The Hall–Kier alpha value is -0.410. The molecule has 3 aliphatic rings. The maximum absolute atomic E-state index is 12.4. The zero-order valence-electron chi connectivity index (χ0n) is 12.1. The van der Waals surface area contributed by atoms with Crippen LogP contribution in [0.4, 0.5) is 0 Å². The van der Waals surface area contributed by atoms with Crippen LogP contribution in [-0.2, 0) is 14.3 Å². The van der Waals surface area contributed by atoms with Crippen molar-refractivity contribution >= 4 is 5.78 Å². The van der Waals surface area contributed by atoms with Gasteiger partial charge in [-0.1, -0.05) is 13.8 Å². The van der Waals surface area contributed by atoms with Crippen LogP contribution in [0.15, 0.2) is 0 Å². The highest BCUT2D eigenvalue weighted by Gasteiger charge is 2.57. The summed E-state index contributed by atoms with van der Waals surface area (Å²) in [5.41, 5.74) is 0.236. The summed E-state index contributed by atoms with van der Waals surface area (Å²) in [5, 5.41) is 0. The predicted molar refractivity (Wildman–Crippen MR) is 70.1 cm³/mol. The minimum Gasteiger partial charge on any atom is -0.353 e. The van der Waals surface area contributed by atoms with Gasteiger partial charge in [0.2, 0.25) is 0 Å². The van der Waals surface area contributed by atoms with Crippen LogP contribution in [0.1, 0.15) is 47.0 Å². The van der Waals surface area contributed by atoms with Gasteiger partial charge in [0.1, 0.15) is 5.78 Å². The molecule has 3 atom stereocenters. The molecule has 0 amide bonds. The highest BCUT2D eigenvalue weighted by atomic mass is 16.7. The fourth-order valence-electron chi connectivity index (χ4n) is 3.64. The molecule has 0 aromatic carbocycles. The summed E-state index contributed by atoms with van der Waals surface area (Å²) in [6, 6.07) is 0. The molecule has 18 heavy (non-hydrogen) atoms. The first-order valence-electron chi connectivity index (χ1n) is 7.27. The molecular formula is C15H26O3. The van der Waals surface area contributed by atoms with E-state index in [1.807, 2.05) is 13.8 Å². The van der Waals surface area contributed by atoms with E-state index in [-0.39, 0.29) is 23.5 Å². The van der Waals surface area contributed by atoms with Crippen molar-refractivity contribution in [2.45, 2.75) is 53.2 Å². The van der Waals surface area contributed by atoms with Crippen molar-refractivity contribution in [3.63, 3.8) is 0 Å². The normalized spacial score (nSPS) is 33.6. The standard InChI is InChI=1S/C15H26O3/c1-5-17-13(18-6-2)8-10-7-11-9-12(14(10)16)15(11,3)4/h10-13H,5-9H2,1-4H3/t10-,11+,12+/m1/s1. The number of carbonyl (C=O) groups is 1. The van der Waals surface area contributed by atoms with E-state index in [9.17, 15) is 4.79 Å². The van der Waals surface area contributed by atoms with E-state index in [2.05, 4.69) is 13.8 Å². The van der Waals surface area contributed by atoms with Crippen molar-refractivity contribution in [3.8, 4) is 0 Å². The van der Waals surface area contributed by atoms with E-state index < -0.39 is 0 Å². The van der Waals surface area contributed by atoms with Crippen molar-refractivity contribution in [1.29, 1.82) is 0 Å². The summed E-state index contributed by atoms with van der Waals surface area (Å²) in [6.45, 7) is 9.70. The van der Waals surface area contributed by atoms with Crippen LogP contribution in [0.25, 0.3) is 0 Å². The Morgan fingerprint density at radius 3 is 2.28 bits per heavy atom. The van der Waals surface area contributed by atoms with Crippen LogP contribution in [0.3, 0.4) is 0 Å². The van der Waals surface area contributed by atoms with Crippen molar-refractivity contribution in [1.82, 2.24) is 0 Å². The molecule has 2 bridgehead atoms. The third kappa shape index (κ3) is 2.35. The van der Waals surface area contributed by atoms with Gasteiger partial charge in [0.25, 0.3) is 0 Å². The summed E-state index contributed by atoms with van der Waals surface area (Å²) >= 11 is 0. The first kappa shape index (κ1) is 14.0. The van der Waals surface area contributed by atoms with Crippen LogP contribution in [0.5, 0.6) is 0 Å². The number of rotatable bonds is 6. The maximum atomic E-state index is 12.4. The molecule has 0 aliphatic heterocycles. The number of fused-ring (bicyclic) bond motifs is 2. The molecule has 3 rings (SSSR count). The molecule has 0 N–H and O–H groups in total. The van der Waals surface area contributed by atoms with Gasteiger partial charge in [0, 0.05) is 31.5 Å². The number of Topliss-reactive ketones (excluding diaryl/α,β-unsaturated/α-hetero) is 1. The summed E-state index contributed by atoms with van der Waals surface area (Å²) < 4.78 is 11.1. The molecule has 0 spiro atoms. The van der Waals surface area contributed by atoms with Gasteiger partial charge in [-0.25, -0.2) is 0 Å². The Balaban J connectivity index is 1.93. The fraction of sp³-hybridized carbons (Fsp3) is 0.933. The number of ether oxygens (including phenoxy) is 2. The Bertz CT molecular complexity index is 305. The van der Waals surface area contributed by atoms with E-state index in [1.54, 1.807) is 0 Å². The van der Waals surface area contributed by atoms with E-state index in [1.165, 1.54) is 0 Å². The van der Waals surface area contributed by atoms with E-state index in [0.29, 0.717) is 24.9 Å². The number of ketones is 1. The van der Waals surface area contributed by atoms with Gasteiger partial charge >= 0.3 is 0 Å². The average Bonchev–Trinajstić information content (AvgIpc) is 2.31. The quantitative estimate of drug-likeness (QED) is 0.683. The molecule has 0 aromatic heterocycles. The smallest absolute Gasteiger partial charge is 0.158 e. The molecule has 3 saturated carbocycles. The second-order valence-electron chi connectivity index (χ2n) is 6.22. The van der Waals surface area contributed by atoms with Crippen LogP contribution < -0.4 is 0 Å². The van der Waals surface area contributed by atoms with Gasteiger partial charge in [-0.3, -0.25) is 4.79 Å². The molecule has 3 aliphatic carbocycles. The van der Waals surface area contributed by atoms with Crippen molar-refractivity contribution in [2.75, 3.05) is 13.2 Å². The van der Waals surface area contributed by atoms with Crippen LogP contribution in [0.2, 0.25) is 0 Å². The molecule has 3 heteroatoms. The minimum absolute atomic E-state index is 0.157. The third-order valence-electron chi connectivity index (χ3n) is 4.97. The Morgan fingerprint density at radius 1 is 1.22 bits per heavy atom. The maximum Gasteiger partial charge on any atom is 0.158 e. The van der Waals surface area contributed by atoms with Crippen molar-refractivity contribution in [2.24, 2.45) is 23.2 Å². The molecule has 3 nitrogen and oxygen atoms in total. The first-order valence-corrected chi connectivity index (χ1v) is 7.27. The SMILES string of the molecule is CCOC(C[C@H]1C[C@H]2C[C@@H](C1=O)C2(C)C)OCC. The van der Waals surface area contributed by atoms with Gasteiger partial charge in [0.05, 0.1) is 0 Å². The first-order chi connectivity index (χ1) is 8.50. The van der Waals surface area contributed by atoms with E-state index >= 15 is 0 Å². The monoisotopic (exact) mass is 254 g/mol. The van der Waals surface area contributed by atoms with Crippen molar-refractivity contribution in [3.05, 3.63) is 0 Å². The third-order valence-corrected chi connectivity index (χ3v) is 4.97. The fourth-order valence-corrected chi connectivity index (χ4v) is 3.64. The van der Waals surface area contributed by atoms with Crippen molar-refractivity contribution < 1.29 is 14.3 Å². The Morgan fingerprint density at radius 2 is 1.83 bits per heavy atom. The summed E-state index contributed by atoms with van der Waals surface area (Å²) in [7, 11) is 0. The van der Waals surface area contributed by atoms with Gasteiger partial charge < -0.3 is 9.47 Å². The second kappa shape index (κ2) is 5.30. The largest absolute Gasteiger partial charge is 0.353 e. The summed E-state index contributed by atoms with van der Waals surface area (Å²) in [6.07, 6.45) is 2.67. The molecule has 0 heterocycles. The highest BCUT2D eigenvalue weighted by molar-refractivity contribution is 5.86. The van der Waals surface area contributed by atoms with Crippen LogP contribution in [0, 0.1) is 23.2 Å². The van der Waals surface area contributed by atoms with Gasteiger partial charge in [-0.15, -0.1) is 0 Å². The molecule has 0 saturated heterocycles. The second-order valence-corrected chi connectivity index (χ2v) is 6.22.